The van der Waals surface area contributed by atoms with Gasteiger partial charge in [-0.25, -0.2) is 8.42 Å². The quantitative estimate of drug-likeness (QED) is 0.769. The number of carbonyl (C=O) groups excluding carboxylic acids is 1. The lowest BCUT2D eigenvalue weighted by molar-refractivity contribution is -0.121. The van der Waals surface area contributed by atoms with Crippen molar-refractivity contribution in [3.05, 3.63) is 54.4 Å². The number of anilines is 1. The molecule has 0 aliphatic carbocycles. The molecule has 0 fully saturated rings. The zero-order chi connectivity index (χ0) is 18.3. The molecule has 0 atom stereocenters. The smallest absolute Gasteiger partial charge is 0.232 e. The van der Waals surface area contributed by atoms with Gasteiger partial charge < -0.3 is 10.1 Å². The van der Waals surface area contributed by atoms with Crippen molar-refractivity contribution in [2.24, 2.45) is 0 Å². The lowest BCUT2D eigenvalue weighted by Crippen LogP contribution is -2.34. The number of carbonyl (C=O) groups is 1. The lowest BCUT2D eigenvalue weighted by atomic mass is 10.3. The van der Waals surface area contributed by atoms with E-state index in [4.69, 9.17) is 4.74 Å². The van der Waals surface area contributed by atoms with E-state index in [0.29, 0.717) is 18.0 Å². The Labute approximate surface area is 147 Å². The molecule has 2 rings (SSSR count). The number of rotatable bonds is 8. The van der Waals surface area contributed by atoms with E-state index in [0.717, 1.165) is 11.9 Å². The van der Waals surface area contributed by atoms with Crippen molar-refractivity contribution in [3.63, 3.8) is 0 Å². The first-order valence-corrected chi connectivity index (χ1v) is 9.53. The molecular weight excluding hydrogens is 342 g/mol. The monoisotopic (exact) mass is 363 g/mol. The highest BCUT2D eigenvalue weighted by Crippen LogP contribution is 2.23. The van der Waals surface area contributed by atoms with E-state index in [9.17, 15) is 13.2 Å². The maximum atomic E-state index is 12.1. The molecule has 1 aromatic carbocycles. The molecule has 1 heterocycles. The SMILES string of the molecule is COc1cccc(N(CCC(=O)NCc2ccccn2)S(C)(=O)=O)c1. The number of aromatic nitrogens is 1. The highest BCUT2D eigenvalue weighted by atomic mass is 32.2. The third-order valence-corrected chi connectivity index (χ3v) is 4.67. The van der Waals surface area contributed by atoms with Gasteiger partial charge in [0.15, 0.2) is 0 Å². The van der Waals surface area contributed by atoms with E-state index in [-0.39, 0.29) is 18.9 Å². The average Bonchev–Trinajstić information content (AvgIpc) is 2.60. The van der Waals surface area contributed by atoms with Crippen LogP contribution in [0.2, 0.25) is 0 Å². The van der Waals surface area contributed by atoms with E-state index in [1.165, 1.54) is 11.4 Å². The molecule has 0 spiro atoms. The number of nitrogens with zero attached hydrogens (tertiary/aromatic N) is 2. The average molecular weight is 363 g/mol. The molecular formula is C17H21N3O4S. The van der Waals surface area contributed by atoms with Crippen LogP contribution in [0.25, 0.3) is 0 Å². The van der Waals surface area contributed by atoms with Crippen molar-refractivity contribution in [1.82, 2.24) is 10.3 Å². The van der Waals surface area contributed by atoms with Gasteiger partial charge in [-0.3, -0.25) is 14.1 Å². The lowest BCUT2D eigenvalue weighted by Gasteiger charge is -2.22. The van der Waals surface area contributed by atoms with Crippen LogP contribution >= 0.6 is 0 Å². The predicted octanol–water partition coefficient (Wildman–Crippen LogP) is 1.56. The van der Waals surface area contributed by atoms with Gasteiger partial charge in [0.1, 0.15) is 5.75 Å². The molecule has 0 unspecified atom stereocenters. The van der Waals surface area contributed by atoms with Crippen LogP contribution in [0.15, 0.2) is 48.7 Å². The number of amides is 1. The molecule has 0 aliphatic rings. The van der Waals surface area contributed by atoms with Crippen molar-refractivity contribution in [1.29, 1.82) is 0 Å². The van der Waals surface area contributed by atoms with Gasteiger partial charge in [-0.05, 0) is 24.3 Å². The zero-order valence-electron chi connectivity index (χ0n) is 14.2. The highest BCUT2D eigenvalue weighted by Gasteiger charge is 2.19. The molecule has 1 N–H and O–H groups in total. The standard InChI is InChI=1S/C17H21N3O4S/c1-24-16-8-5-7-15(12-16)20(25(2,22)23)11-9-17(21)19-13-14-6-3-4-10-18-14/h3-8,10,12H,9,11,13H2,1-2H3,(H,19,21). The molecule has 0 aliphatic heterocycles. The fourth-order valence-corrected chi connectivity index (χ4v) is 3.15. The van der Waals surface area contributed by atoms with Gasteiger partial charge in [-0.2, -0.15) is 0 Å². The maximum absolute atomic E-state index is 12.1. The Morgan fingerprint density at radius 2 is 2.04 bits per heavy atom. The first kappa shape index (κ1) is 18.7. The van der Waals surface area contributed by atoms with Gasteiger partial charge in [-0.1, -0.05) is 12.1 Å². The molecule has 1 aromatic heterocycles. The van der Waals surface area contributed by atoms with Crippen molar-refractivity contribution in [3.8, 4) is 5.75 Å². The second-order valence-electron chi connectivity index (χ2n) is 5.38. The molecule has 1 amide bonds. The minimum atomic E-state index is -3.52. The number of hydrogen-bond donors (Lipinski definition) is 1. The Balaban J connectivity index is 1.99. The molecule has 2 aromatic rings. The minimum Gasteiger partial charge on any atom is -0.497 e. The van der Waals surface area contributed by atoms with Gasteiger partial charge in [-0.15, -0.1) is 0 Å². The molecule has 7 nitrogen and oxygen atoms in total. The van der Waals surface area contributed by atoms with E-state index in [1.54, 1.807) is 42.6 Å². The molecule has 0 saturated heterocycles. The van der Waals surface area contributed by atoms with E-state index < -0.39 is 10.0 Å². The van der Waals surface area contributed by atoms with E-state index in [2.05, 4.69) is 10.3 Å². The Morgan fingerprint density at radius 3 is 2.68 bits per heavy atom. The van der Waals surface area contributed by atoms with Crippen LogP contribution in [-0.2, 0) is 21.4 Å². The van der Waals surface area contributed by atoms with Gasteiger partial charge in [0.05, 0.1) is 31.3 Å². The molecule has 25 heavy (non-hydrogen) atoms. The number of hydrogen-bond acceptors (Lipinski definition) is 5. The Bertz CT molecular complexity index is 810. The fraction of sp³-hybridized carbons (Fsp3) is 0.294. The van der Waals surface area contributed by atoms with Gasteiger partial charge in [0.25, 0.3) is 0 Å². The molecule has 134 valence electrons. The highest BCUT2D eigenvalue weighted by molar-refractivity contribution is 7.92. The van der Waals surface area contributed by atoms with Gasteiger partial charge in [0, 0.05) is 25.2 Å². The van der Waals surface area contributed by atoms with Crippen molar-refractivity contribution in [2.75, 3.05) is 24.2 Å². The number of sulfonamides is 1. The van der Waals surface area contributed by atoms with Crippen LogP contribution in [0.4, 0.5) is 5.69 Å². The summed E-state index contributed by atoms with van der Waals surface area (Å²) in [5.74, 6) is 0.299. The summed E-state index contributed by atoms with van der Waals surface area (Å²) < 4.78 is 30.4. The summed E-state index contributed by atoms with van der Waals surface area (Å²) in [5, 5.41) is 2.73. The Morgan fingerprint density at radius 1 is 1.24 bits per heavy atom. The Kier molecular flexibility index (Phi) is 6.35. The summed E-state index contributed by atoms with van der Waals surface area (Å²) in [6.45, 7) is 0.345. The predicted molar refractivity (Wildman–Crippen MR) is 95.9 cm³/mol. The van der Waals surface area contributed by atoms with Crippen LogP contribution in [0, 0.1) is 0 Å². The zero-order valence-corrected chi connectivity index (χ0v) is 15.0. The van der Waals surface area contributed by atoms with Crippen LogP contribution in [0.3, 0.4) is 0 Å². The Hall–Kier alpha value is -2.61. The van der Waals surface area contributed by atoms with E-state index in [1.807, 2.05) is 6.07 Å². The molecule has 0 bridgehead atoms. The maximum Gasteiger partial charge on any atom is 0.232 e. The topological polar surface area (TPSA) is 88.6 Å². The van der Waals surface area contributed by atoms with Crippen LogP contribution in [0.5, 0.6) is 5.75 Å². The van der Waals surface area contributed by atoms with Crippen LogP contribution in [-0.4, -0.2) is 39.2 Å². The minimum absolute atomic E-state index is 0.0388. The number of methoxy groups -OCH3 is 1. The summed E-state index contributed by atoms with van der Waals surface area (Å²) in [5.41, 5.74) is 1.20. The summed E-state index contributed by atoms with van der Waals surface area (Å²) >= 11 is 0. The second kappa shape index (κ2) is 8.48. The van der Waals surface area contributed by atoms with Crippen molar-refractivity contribution >= 4 is 21.6 Å². The molecule has 8 heteroatoms. The first-order chi connectivity index (χ1) is 11.9. The normalized spacial score (nSPS) is 11.0. The van der Waals surface area contributed by atoms with Gasteiger partial charge in [0.2, 0.25) is 15.9 Å². The number of ether oxygens (including phenoxy) is 1. The van der Waals surface area contributed by atoms with Gasteiger partial charge >= 0.3 is 0 Å². The number of nitrogens with one attached hydrogen (secondary N) is 1. The number of pyridine rings is 1. The third kappa shape index (κ3) is 5.75. The second-order valence-corrected chi connectivity index (χ2v) is 7.29. The summed E-state index contributed by atoms with van der Waals surface area (Å²) in [7, 11) is -2.01. The van der Waals surface area contributed by atoms with Crippen LogP contribution < -0.4 is 14.4 Å². The first-order valence-electron chi connectivity index (χ1n) is 7.68. The summed E-state index contributed by atoms with van der Waals surface area (Å²) in [4.78, 5) is 16.1. The van der Waals surface area contributed by atoms with Crippen molar-refractivity contribution < 1.29 is 17.9 Å². The largest absolute Gasteiger partial charge is 0.497 e. The number of benzene rings is 1. The van der Waals surface area contributed by atoms with Crippen molar-refractivity contribution in [2.45, 2.75) is 13.0 Å². The summed E-state index contributed by atoms with van der Waals surface area (Å²) in [6.07, 6.45) is 2.80. The fourth-order valence-electron chi connectivity index (χ4n) is 2.24. The third-order valence-electron chi connectivity index (χ3n) is 3.48. The van der Waals surface area contributed by atoms with E-state index >= 15 is 0 Å². The summed E-state index contributed by atoms with van der Waals surface area (Å²) in [6, 6.07) is 12.1. The molecule has 0 saturated carbocycles. The molecule has 0 radical (unpaired) electrons. The van der Waals surface area contributed by atoms with Crippen LogP contribution in [0.1, 0.15) is 12.1 Å².